The van der Waals surface area contributed by atoms with Crippen molar-refractivity contribution in [3.05, 3.63) is 87.8 Å². The van der Waals surface area contributed by atoms with E-state index in [1.165, 1.54) is 36.7 Å². The molecule has 1 fully saturated rings. The third-order valence-corrected chi connectivity index (χ3v) is 8.63. The molecule has 1 aliphatic rings. The summed E-state index contributed by atoms with van der Waals surface area (Å²) < 4.78 is 1.49. The number of urea groups is 1. The van der Waals surface area contributed by atoms with E-state index >= 15 is 0 Å². The largest absolute Gasteiger partial charge is 0.323 e. The standard InChI is InChI=1S/C38H45N5O2/c1-26(2)30-18-12-19-31(27(3)4)34(30)40-38(45)41-35-33(32-20-13-21-39-36(32)42(5)37(35)44)29-17-11-15-28(25-29)16-14-24-43-22-9-7-6-8-10-23-43/h11-13,15,17-21,25-27H,6-10,22-24H2,1-5H3,(H2,40,41,45). The predicted molar refractivity (Wildman–Crippen MR) is 186 cm³/mol. The Morgan fingerprint density at radius 3 is 2.20 bits per heavy atom. The molecule has 4 aromatic rings. The van der Waals surface area contributed by atoms with E-state index in [1.54, 1.807) is 13.2 Å². The van der Waals surface area contributed by atoms with Crippen LogP contribution >= 0.6 is 0 Å². The van der Waals surface area contributed by atoms with Gasteiger partial charge in [0.15, 0.2) is 0 Å². The van der Waals surface area contributed by atoms with E-state index < -0.39 is 6.03 Å². The van der Waals surface area contributed by atoms with Gasteiger partial charge in [0.25, 0.3) is 5.56 Å². The van der Waals surface area contributed by atoms with Crippen LogP contribution in [0.15, 0.2) is 65.6 Å². The molecular weight excluding hydrogens is 558 g/mol. The van der Waals surface area contributed by atoms with Gasteiger partial charge in [-0.2, -0.15) is 0 Å². The maximum atomic E-state index is 13.8. The van der Waals surface area contributed by atoms with Gasteiger partial charge in [-0.05, 0) is 78.7 Å². The number of likely N-dealkylation sites (tertiary alicyclic amines) is 1. The highest BCUT2D eigenvalue weighted by atomic mass is 16.2. The zero-order valence-corrected chi connectivity index (χ0v) is 27.2. The number of fused-ring (bicyclic) bond motifs is 1. The average Bonchev–Trinajstić information content (AvgIpc) is 3.01. The smallest absolute Gasteiger partial charge is 0.307 e. The Hall–Kier alpha value is -4.41. The van der Waals surface area contributed by atoms with Crippen molar-refractivity contribution in [2.45, 2.75) is 71.6 Å². The van der Waals surface area contributed by atoms with Gasteiger partial charge < -0.3 is 10.6 Å². The van der Waals surface area contributed by atoms with Crippen molar-refractivity contribution in [1.29, 1.82) is 0 Å². The summed E-state index contributed by atoms with van der Waals surface area (Å²) in [6.07, 6.45) is 8.06. The Morgan fingerprint density at radius 2 is 1.51 bits per heavy atom. The van der Waals surface area contributed by atoms with Gasteiger partial charge in [-0.3, -0.25) is 14.3 Å². The van der Waals surface area contributed by atoms with Crippen LogP contribution in [0.1, 0.15) is 88.3 Å². The van der Waals surface area contributed by atoms with Crippen molar-refractivity contribution >= 4 is 28.4 Å². The van der Waals surface area contributed by atoms with Gasteiger partial charge in [0, 0.05) is 35.4 Å². The topological polar surface area (TPSA) is 79.3 Å². The third-order valence-electron chi connectivity index (χ3n) is 8.63. The van der Waals surface area contributed by atoms with Gasteiger partial charge in [-0.1, -0.05) is 89.1 Å². The fourth-order valence-corrected chi connectivity index (χ4v) is 6.21. The summed E-state index contributed by atoms with van der Waals surface area (Å²) in [5.41, 5.74) is 5.59. The fourth-order valence-electron chi connectivity index (χ4n) is 6.21. The van der Waals surface area contributed by atoms with Gasteiger partial charge in [-0.15, -0.1) is 0 Å². The Morgan fingerprint density at radius 1 is 0.867 bits per heavy atom. The van der Waals surface area contributed by atoms with Crippen LogP contribution in [0.5, 0.6) is 0 Å². The van der Waals surface area contributed by atoms with E-state index in [0.29, 0.717) is 11.2 Å². The molecule has 2 aromatic heterocycles. The second-order valence-corrected chi connectivity index (χ2v) is 12.6. The number of aromatic nitrogens is 2. The molecule has 0 bridgehead atoms. The number of hydrogen-bond acceptors (Lipinski definition) is 4. The molecule has 1 saturated heterocycles. The number of nitrogens with zero attached hydrogens (tertiary/aromatic N) is 3. The molecule has 0 radical (unpaired) electrons. The zero-order valence-electron chi connectivity index (χ0n) is 27.2. The number of amides is 2. The Labute approximate surface area is 267 Å². The molecule has 2 N–H and O–H groups in total. The minimum absolute atomic E-state index is 0.203. The molecule has 2 amide bonds. The van der Waals surface area contributed by atoms with E-state index in [4.69, 9.17) is 0 Å². The summed E-state index contributed by atoms with van der Waals surface area (Å²) in [5.74, 6) is 7.15. The summed E-state index contributed by atoms with van der Waals surface area (Å²) in [7, 11) is 1.68. The molecule has 0 spiro atoms. The molecule has 0 aliphatic carbocycles. The molecule has 0 unspecified atom stereocenters. The molecule has 3 heterocycles. The Balaban J connectivity index is 1.52. The van der Waals surface area contributed by atoms with Crippen LogP contribution in [0, 0.1) is 11.8 Å². The van der Waals surface area contributed by atoms with Crippen LogP contribution in [-0.4, -0.2) is 40.1 Å². The van der Waals surface area contributed by atoms with Gasteiger partial charge >= 0.3 is 6.03 Å². The van der Waals surface area contributed by atoms with Crippen molar-refractivity contribution < 1.29 is 4.79 Å². The quantitative estimate of drug-likeness (QED) is 0.218. The lowest BCUT2D eigenvalue weighted by atomic mass is 9.93. The first-order chi connectivity index (χ1) is 21.7. The van der Waals surface area contributed by atoms with Crippen LogP contribution in [0.2, 0.25) is 0 Å². The number of aryl methyl sites for hydroxylation is 1. The molecule has 7 heteroatoms. The molecule has 2 aromatic carbocycles. The number of rotatable bonds is 6. The van der Waals surface area contributed by atoms with Crippen LogP contribution in [0.3, 0.4) is 0 Å². The number of benzene rings is 2. The van der Waals surface area contributed by atoms with Crippen LogP contribution < -0.4 is 16.2 Å². The second-order valence-electron chi connectivity index (χ2n) is 12.6. The van der Waals surface area contributed by atoms with Crippen LogP contribution in [-0.2, 0) is 7.05 Å². The van der Waals surface area contributed by atoms with Gasteiger partial charge in [0.05, 0.1) is 6.54 Å². The Kier molecular flexibility index (Phi) is 10.4. The minimum atomic E-state index is -0.462. The highest BCUT2D eigenvalue weighted by molar-refractivity contribution is 6.07. The number of hydrogen-bond donors (Lipinski definition) is 2. The summed E-state index contributed by atoms with van der Waals surface area (Å²) in [6, 6.07) is 17.3. The van der Waals surface area contributed by atoms with Gasteiger partial charge in [-0.25, -0.2) is 9.78 Å². The first-order valence-electron chi connectivity index (χ1n) is 16.2. The summed E-state index contributed by atoms with van der Waals surface area (Å²) in [5, 5.41) is 6.83. The lowest BCUT2D eigenvalue weighted by Gasteiger charge is -2.21. The summed E-state index contributed by atoms with van der Waals surface area (Å²) in [6.45, 7) is 11.4. The SMILES string of the molecule is CC(C)c1cccc(C(C)C)c1NC(=O)Nc1c(-c2cccc(C#CCN3CCCCCCC3)c2)c2cccnc2n(C)c1=O. The monoisotopic (exact) mass is 603 g/mol. The molecule has 7 nitrogen and oxygen atoms in total. The molecule has 1 aliphatic heterocycles. The summed E-state index contributed by atoms with van der Waals surface area (Å²) in [4.78, 5) is 34.5. The molecular formula is C38H45N5O2. The van der Waals surface area contributed by atoms with E-state index in [-0.39, 0.29) is 23.1 Å². The van der Waals surface area contributed by atoms with Crippen molar-refractivity contribution in [3.8, 4) is 23.0 Å². The maximum Gasteiger partial charge on any atom is 0.323 e. The number of nitrogens with one attached hydrogen (secondary N) is 2. The molecule has 0 atom stereocenters. The van der Waals surface area contributed by atoms with Crippen LogP contribution in [0.4, 0.5) is 16.2 Å². The van der Waals surface area contributed by atoms with Crippen molar-refractivity contribution in [2.75, 3.05) is 30.3 Å². The Bertz CT molecular complexity index is 1760. The fraction of sp³-hybridized carbons (Fsp3) is 0.395. The van der Waals surface area contributed by atoms with Crippen molar-refractivity contribution in [2.24, 2.45) is 7.05 Å². The number of anilines is 2. The second kappa shape index (κ2) is 14.6. The summed E-state index contributed by atoms with van der Waals surface area (Å²) >= 11 is 0. The highest BCUT2D eigenvalue weighted by Gasteiger charge is 2.22. The lowest BCUT2D eigenvalue weighted by molar-refractivity contribution is 0.262. The van der Waals surface area contributed by atoms with E-state index in [0.717, 1.165) is 53.0 Å². The number of carbonyl (C=O) groups is 1. The number of para-hydroxylation sites is 1. The maximum absolute atomic E-state index is 13.8. The van der Waals surface area contributed by atoms with Gasteiger partial charge in [0.1, 0.15) is 11.3 Å². The van der Waals surface area contributed by atoms with Crippen molar-refractivity contribution in [1.82, 2.24) is 14.5 Å². The molecule has 0 saturated carbocycles. The molecule has 5 rings (SSSR count). The normalized spacial score (nSPS) is 14.1. The first kappa shape index (κ1) is 32.0. The number of carbonyl (C=O) groups excluding carboxylic acids is 1. The molecule has 234 valence electrons. The minimum Gasteiger partial charge on any atom is -0.307 e. The predicted octanol–water partition coefficient (Wildman–Crippen LogP) is 8.11. The average molecular weight is 604 g/mol. The van der Waals surface area contributed by atoms with Crippen LogP contribution in [0.25, 0.3) is 22.2 Å². The van der Waals surface area contributed by atoms with Crippen molar-refractivity contribution in [3.63, 3.8) is 0 Å². The highest BCUT2D eigenvalue weighted by Crippen LogP contribution is 2.35. The first-order valence-corrected chi connectivity index (χ1v) is 16.2. The molecule has 45 heavy (non-hydrogen) atoms. The zero-order chi connectivity index (χ0) is 31.9. The lowest BCUT2D eigenvalue weighted by Crippen LogP contribution is -2.29. The van der Waals surface area contributed by atoms with E-state index in [2.05, 4.69) is 60.1 Å². The number of pyridine rings is 2. The third kappa shape index (κ3) is 7.46. The van der Waals surface area contributed by atoms with E-state index in [1.807, 2.05) is 54.6 Å². The van der Waals surface area contributed by atoms with Gasteiger partial charge in [0.2, 0.25) is 0 Å². The van der Waals surface area contributed by atoms with E-state index in [9.17, 15) is 9.59 Å².